The minimum absolute atomic E-state index is 0.0515. The van der Waals surface area contributed by atoms with Crippen LogP contribution in [0.1, 0.15) is 155 Å². The van der Waals surface area contributed by atoms with Crippen molar-refractivity contribution in [2.75, 3.05) is 13.2 Å². The fourth-order valence-corrected chi connectivity index (χ4v) is 21.6. The summed E-state index contributed by atoms with van der Waals surface area (Å²) in [6, 6.07) is 9.90. The van der Waals surface area contributed by atoms with Crippen LogP contribution in [-0.4, -0.2) is 118 Å². The van der Waals surface area contributed by atoms with E-state index in [9.17, 15) is 19.5 Å². The number of carbonyl (C=O) groups is 5. The molecule has 0 aromatic heterocycles. The molecule has 4 fully saturated rings. The van der Waals surface area contributed by atoms with Crippen molar-refractivity contribution in [1.29, 1.82) is 0 Å². The van der Waals surface area contributed by atoms with Gasteiger partial charge in [-0.1, -0.05) is 114 Å². The first-order chi connectivity index (χ1) is 33.3. The molecule has 17 heteroatoms. The zero-order chi connectivity index (χ0) is 54.3. The largest absolute Gasteiger partial charge is 0.453 e. The molecule has 2 amide bonds. The number of rotatable bonds is 20. The maximum absolute atomic E-state index is 16.2. The Bertz CT molecular complexity index is 2140. The summed E-state index contributed by atoms with van der Waals surface area (Å²) >= 11 is 0. The van der Waals surface area contributed by atoms with E-state index in [0.29, 0.717) is 17.6 Å². The number of alkyl carbamates (subject to hydrolysis) is 1. The van der Waals surface area contributed by atoms with Crippen molar-refractivity contribution < 1.29 is 61.6 Å². The van der Waals surface area contributed by atoms with Crippen LogP contribution in [0.25, 0.3) is 0 Å². The maximum atomic E-state index is 16.2. The predicted molar refractivity (Wildman–Crippen MR) is 281 cm³/mol. The highest BCUT2D eigenvalue weighted by Crippen LogP contribution is 2.66. The molecule has 0 radical (unpaired) electrons. The summed E-state index contributed by atoms with van der Waals surface area (Å²) < 4.78 is 46.4. The zero-order valence-corrected chi connectivity index (χ0v) is 49.0. The molecule has 1 saturated carbocycles. The number of amides is 2. The topological polar surface area (TPSA) is 194 Å². The third kappa shape index (κ3) is 10.8. The fourth-order valence-electron chi connectivity index (χ4n) is 13.1. The van der Waals surface area contributed by atoms with Gasteiger partial charge in [0, 0.05) is 25.3 Å². The van der Waals surface area contributed by atoms with Crippen LogP contribution >= 0.6 is 0 Å². The molecule has 0 spiro atoms. The number of esters is 2. The van der Waals surface area contributed by atoms with Crippen LogP contribution in [0.4, 0.5) is 4.79 Å². The zero-order valence-electron chi connectivity index (χ0n) is 47.0. The molecule has 1 aromatic rings. The van der Waals surface area contributed by atoms with Crippen LogP contribution < -0.4 is 10.6 Å². The molecule has 5 rings (SSSR count). The number of carbonyl (C=O) groups excluding carboxylic acids is 5. The number of Topliss-reactive ketones (excluding diaryl/α,β-unsaturated/α-hetero) is 1. The summed E-state index contributed by atoms with van der Waals surface area (Å²) in [6.07, 6.45) is -5.77. The molecular weight excluding hydrogens is 953 g/mol. The van der Waals surface area contributed by atoms with Gasteiger partial charge in [0.1, 0.15) is 23.9 Å². The normalized spacial score (nSPS) is 29.7. The Morgan fingerprint density at radius 1 is 0.889 bits per heavy atom. The Labute approximate surface area is 432 Å². The number of nitrogens with one attached hydrogen (secondary N) is 2. The first kappa shape index (κ1) is 59.4. The second kappa shape index (κ2) is 22.0. The molecular formula is C55H90N2O13Si2. The monoisotopic (exact) mass is 1040 g/mol. The van der Waals surface area contributed by atoms with Crippen molar-refractivity contribution in [3.63, 3.8) is 0 Å². The van der Waals surface area contributed by atoms with Crippen molar-refractivity contribution in [2.45, 2.75) is 233 Å². The number of ketones is 1. The minimum Gasteiger partial charge on any atom is -0.453 e. The third-order valence-electron chi connectivity index (χ3n) is 16.9. The Balaban J connectivity index is 1.71. The van der Waals surface area contributed by atoms with Gasteiger partial charge >= 0.3 is 18.0 Å². The van der Waals surface area contributed by atoms with Gasteiger partial charge < -0.3 is 48.3 Å². The highest BCUT2D eigenvalue weighted by Gasteiger charge is 2.81. The van der Waals surface area contributed by atoms with Gasteiger partial charge in [0.2, 0.25) is 20.0 Å². The molecule has 3 saturated heterocycles. The Morgan fingerprint density at radius 3 is 1.93 bits per heavy atom. The van der Waals surface area contributed by atoms with Crippen LogP contribution in [-0.2, 0) is 46.9 Å². The SMILES string of the molecule is CC[Si](CC)(CC)O[C@H]1C[C@H]2OC[C@@]2(OC(C)=O)C2C(OC(=O)c3ccccc3)[C@@]3(O)O[C@@H](C(=O)[C@@]21C)/C(=C(\C)CNC(=O)[C@H](O[Si](C(C)C)(C(C)C)C(C)C)[C@H](CC(C)C)NC(=O)OC(C)(C)C)C3(C)C. The molecule has 406 valence electrons. The molecule has 1 aliphatic carbocycles. The summed E-state index contributed by atoms with van der Waals surface area (Å²) in [5.41, 5.74) is -3.91. The number of hydrogen-bond acceptors (Lipinski definition) is 13. The van der Waals surface area contributed by atoms with Gasteiger partial charge in [-0.3, -0.25) is 14.4 Å². The fraction of sp³-hybridized carbons (Fsp3) is 0.764. The Hall–Kier alpha value is -3.46. The summed E-state index contributed by atoms with van der Waals surface area (Å²) in [5.74, 6) is -5.83. The standard InChI is InChI=1S/C55H90N2O13Si2/c1-20-71(21-2,22-3)69-40-29-41-54(31-64-41,66-37(13)58)45-47(65-49(61)38-26-24-23-25-27-38)55(63)52(17,18)42(44(67-55)46(59)53(40,45)19)36(12)30-56-48(60)43(70-72(33(6)7,34(8)9)35(10)11)39(28-32(4)5)57-50(62)68-51(14,15)16/h23-27,32-35,39-41,43-45,47,63H,20-22,28-31H2,1-19H3,(H,56,60)(H,57,62)/b42-36-/t39-,40-,41+,43+,44+,45?,47?,53+,54-,55+/m0/s1. The first-order valence-corrected chi connectivity index (χ1v) is 31.3. The average molecular weight is 1040 g/mol. The molecule has 1 aromatic carbocycles. The van der Waals surface area contributed by atoms with Gasteiger partial charge in [-0.05, 0) is 99.4 Å². The second-order valence-corrected chi connectivity index (χ2v) is 34.4. The molecule has 3 N–H and O–H groups in total. The van der Waals surface area contributed by atoms with E-state index in [0.717, 1.165) is 18.1 Å². The van der Waals surface area contributed by atoms with E-state index in [1.54, 1.807) is 78.8 Å². The Kier molecular flexibility index (Phi) is 18.2. The predicted octanol–water partition coefficient (Wildman–Crippen LogP) is 9.96. The highest BCUT2D eigenvalue weighted by molar-refractivity contribution is 6.77. The molecule has 3 heterocycles. The Morgan fingerprint density at radius 2 is 1.46 bits per heavy atom. The maximum Gasteiger partial charge on any atom is 0.407 e. The smallest absolute Gasteiger partial charge is 0.407 e. The second-order valence-electron chi connectivity index (χ2n) is 24.2. The average Bonchev–Trinajstić information content (AvgIpc) is 3.46. The quantitative estimate of drug-likeness (QED) is 0.0484. The summed E-state index contributed by atoms with van der Waals surface area (Å²) in [4.78, 5) is 72.7. The van der Waals surface area contributed by atoms with Crippen LogP contribution in [0.3, 0.4) is 0 Å². The first-order valence-electron chi connectivity index (χ1n) is 26.6. The van der Waals surface area contributed by atoms with Crippen LogP contribution in [0.15, 0.2) is 41.5 Å². The highest BCUT2D eigenvalue weighted by atomic mass is 28.4. The van der Waals surface area contributed by atoms with Gasteiger partial charge in [0.25, 0.3) is 0 Å². The van der Waals surface area contributed by atoms with Crippen LogP contribution in [0.5, 0.6) is 0 Å². The van der Waals surface area contributed by atoms with Gasteiger partial charge in [-0.2, -0.15) is 0 Å². The van der Waals surface area contributed by atoms with E-state index >= 15 is 9.59 Å². The van der Waals surface area contributed by atoms with E-state index in [1.807, 2.05) is 13.8 Å². The van der Waals surface area contributed by atoms with E-state index in [-0.39, 0.29) is 47.7 Å². The lowest BCUT2D eigenvalue weighted by Gasteiger charge is -2.65. The van der Waals surface area contributed by atoms with E-state index in [2.05, 4.69) is 72.9 Å². The van der Waals surface area contributed by atoms with Gasteiger partial charge in [-0.25, -0.2) is 9.59 Å². The molecule has 2 unspecified atom stereocenters. The van der Waals surface area contributed by atoms with Gasteiger partial charge in [0.05, 0.1) is 35.6 Å². The molecule has 3 aliphatic heterocycles. The van der Waals surface area contributed by atoms with E-state index in [4.69, 9.17) is 32.5 Å². The van der Waals surface area contributed by atoms with Crippen molar-refractivity contribution in [1.82, 2.24) is 10.6 Å². The van der Waals surface area contributed by atoms with Crippen molar-refractivity contribution in [3.8, 4) is 0 Å². The summed E-state index contributed by atoms with van der Waals surface area (Å²) in [7, 11) is -5.31. The molecule has 2 bridgehead atoms. The van der Waals surface area contributed by atoms with Crippen LogP contribution in [0.2, 0.25) is 34.8 Å². The number of hydrogen-bond donors (Lipinski definition) is 3. The molecule has 15 nitrogen and oxygen atoms in total. The lowest BCUT2D eigenvalue weighted by atomic mass is 9.49. The lowest BCUT2D eigenvalue weighted by molar-refractivity contribution is -0.355. The molecule has 4 aliphatic rings. The number of fused-ring (bicyclic) bond motifs is 5. The van der Waals surface area contributed by atoms with E-state index in [1.165, 1.54) is 6.92 Å². The number of benzene rings is 1. The van der Waals surface area contributed by atoms with Crippen molar-refractivity contribution in [2.24, 2.45) is 22.7 Å². The minimum atomic E-state index is -2.79. The van der Waals surface area contributed by atoms with Gasteiger partial charge in [-0.15, -0.1) is 0 Å². The van der Waals surface area contributed by atoms with E-state index < -0.39 is 117 Å². The number of aliphatic hydroxyl groups is 1. The third-order valence-corrected chi connectivity index (χ3v) is 27.6. The number of ether oxygens (including phenoxy) is 5. The van der Waals surface area contributed by atoms with Crippen molar-refractivity contribution in [3.05, 3.63) is 47.0 Å². The molecule has 10 atom stereocenters. The lowest BCUT2D eigenvalue weighted by Crippen LogP contribution is -2.80. The van der Waals surface area contributed by atoms with Crippen molar-refractivity contribution >= 4 is 46.4 Å². The summed E-state index contributed by atoms with van der Waals surface area (Å²) in [6.45, 7) is 36.7. The van der Waals surface area contributed by atoms with Gasteiger partial charge in [0.15, 0.2) is 25.8 Å². The summed E-state index contributed by atoms with van der Waals surface area (Å²) in [5, 5.41) is 19.8. The van der Waals surface area contributed by atoms with Crippen LogP contribution in [0, 0.1) is 22.7 Å². The molecule has 72 heavy (non-hydrogen) atoms.